The molecule has 0 aromatic heterocycles. The third-order valence-corrected chi connectivity index (χ3v) is 6.84. The Morgan fingerprint density at radius 3 is 1.76 bits per heavy atom. The van der Waals surface area contributed by atoms with Crippen LogP contribution in [0.3, 0.4) is 0 Å². The molecule has 1 N–H and O–H groups in total. The summed E-state index contributed by atoms with van der Waals surface area (Å²) in [6.45, 7) is 7.58. The molecule has 0 aliphatic carbocycles. The third kappa shape index (κ3) is 8.77. The molecular weight excluding hydrogens is 470 g/mol. The highest BCUT2D eigenvalue weighted by atomic mass is 32.2. The topological polar surface area (TPSA) is 125 Å². The number of nitrogens with one attached hydrogen (secondary N) is 1. The molecule has 0 spiro atoms. The molecule has 0 saturated heterocycles. The number of aryl methyl sites for hydroxylation is 2. The van der Waals surface area contributed by atoms with Gasteiger partial charge in [-0.3, -0.25) is 8.37 Å². The summed E-state index contributed by atoms with van der Waals surface area (Å²) in [6, 6.07) is 11.9. The van der Waals surface area contributed by atoms with E-state index < -0.39 is 44.6 Å². The van der Waals surface area contributed by atoms with Gasteiger partial charge in [-0.15, -0.1) is 0 Å². The first kappa shape index (κ1) is 26.8. The minimum atomic E-state index is -4.26. The molecule has 1 amide bonds. The Balaban J connectivity index is 2.17. The molecule has 2 rings (SSSR count). The number of benzene rings is 2. The summed E-state index contributed by atoms with van der Waals surface area (Å²) in [6.07, 6.45) is -2.16. The van der Waals surface area contributed by atoms with Gasteiger partial charge >= 0.3 is 6.09 Å². The molecule has 2 aromatic carbocycles. The molecule has 0 bridgehead atoms. The maximum absolute atomic E-state index is 12.7. The van der Waals surface area contributed by atoms with Crippen LogP contribution in [0, 0.1) is 13.8 Å². The van der Waals surface area contributed by atoms with Crippen molar-refractivity contribution in [3.05, 3.63) is 59.7 Å². The normalized spacial score (nSPS) is 13.4. The van der Waals surface area contributed by atoms with E-state index in [2.05, 4.69) is 5.32 Å². The van der Waals surface area contributed by atoms with Gasteiger partial charge in [-0.05, 0) is 58.9 Å². The van der Waals surface area contributed by atoms with Crippen LogP contribution in [0.4, 0.5) is 4.79 Å². The molecular formula is C22H29NO8S2. The largest absolute Gasteiger partial charge is 0.444 e. The van der Waals surface area contributed by atoms with Crippen molar-refractivity contribution in [2.24, 2.45) is 0 Å². The molecule has 1 unspecified atom stereocenters. The molecule has 182 valence electrons. The molecule has 0 aliphatic heterocycles. The monoisotopic (exact) mass is 499 g/mol. The standard InChI is InChI=1S/C22H29NO8S2/c1-16-6-10-19(11-7-16)32(25,26)29-15-18(14-23-21(24)30-22(3,4)5)31-33(27,28)20-12-8-17(2)9-13-20/h6-13,18H,14-15H2,1-5H3,(H,23,24). The van der Waals surface area contributed by atoms with E-state index in [0.717, 1.165) is 11.1 Å². The lowest BCUT2D eigenvalue weighted by molar-refractivity contribution is 0.0486. The molecule has 9 nitrogen and oxygen atoms in total. The summed E-state index contributed by atoms with van der Waals surface area (Å²) in [5.41, 5.74) is 0.935. The minimum Gasteiger partial charge on any atom is -0.444 e. The summed E-state index contributed by atoms with van der Waals surface area (Å²) < 4.78 is 65.8. The van der Waals surface area contributed by atoms with Gasteiger partial charge in [-0.25, -0.2) is 4.79 Å². The highest BCUT2D eigenvalue weighted by Gasteiger charge is 2.26. The quantitative estimate of drug-likeness (QED) is 0.521. The summed E-state index contributed by atoms with van der Waals surface area (Å²) in [5, 5.41) is 2.38. The Kier molecular flexibility index (Phi) is 8.63. The van der Waals surface area contributed by atoms with Crippen molar-refractivity contribution in [1.29, 1.82) is 0 Å². The van der Waals surface area contributed by atoms with Crippen molar-refractivity contribution in [2.45, 2.75) is 56.1 Å². The van der Waals surface area contributed by atoms with Crippen LogP contribution in [0.15, 0.2) is 58.3 Å². The second-order valence-electron chi connectivity index (χ2n) is 8.42. The van der Waals surface area contributed by atoms with Crippen molar-refractivity contribution in [3.63, 3.8) is 0 Å². The second-order valence-corrected chi connectivity index (χ2v) is 11.6. The maximum atomic E-state index is 12.7. The van der Waals surface area contributed by atoms with Crippen molar-refractivity contribution in [1.82, 2.24) is 5.32 Å². The molecule has 0 aliphatic rings. The smallest absolute Gasteiger partial charge is 0.407 e. The van der Waals surface area contributed by atoms with Gasteiger partial charge in [-0.2, -0.15) is 16.8 Å². The Bertz CT molecular complexity index is 1150. The van der Waals surface area contributed by atoms with Crippen LogP contribution in [0.5, 0.6) is 0 Å². The molecule has 1 atom stereocenters. The number of ether oxygens (including phenoxy) is 1. The van der Waals surface area contributed by atoms with Gasteiger partial charge < -0.3 is 10.1 Å². The first-order valence-electron chi connectivity index (χ1n) is 10.1. The lowest BCUT2D eigenvalue weighted by Crippen LogP contribution is -2.40. The van der Waals surface area contributed by atoms with Crippen LogP contribution in [-0.2, 0) is 33.3 Å². The van der Waals surface area contributed by atoms with E-state index in [1.165, 1.54) is 24.3 Å². The van der Waals surface area contributed by atoms with Crippen LogP contribution >= 0.6 is 0 Å². The fourth-order valence-electron chi connectivity index (χ4n) is 2.51. The van der Waals surface area contributed by atoms with Crippen LogP contribution < -0.4 is 5.32 Å². The van der Waals surface area contributed by atoms with Crippen LogP contribution in [0.1, 0.15) is 31.9 Å². The predicted molar refractivity (Wildman–Crippen MR) is 122 cm³/mol. The van der Waals surface area contributed by atoms with E-state index in [0.29, 0.717) is 0 Å². The molecule has 33 heavy (non-hydrogen) atoms. The molecule has 11 heteroatoms. The van der Waals surface area contributed by atoms with E-state index >= 15 is 0 Å². The Morgan fingerprint density at radius 2 is 1.30 bits per heavy atom. The van der Waals surface area contributed by atoms with Crippen LogP contribution in [-0.4, -0.2) is 47.8 Å². The first-order chi connectivity index (χ1) is 15.2. The molecule has 0 heterocycles. The van der Waals surface area contributed by atoms with Gasteiger partial charge in [-0.1, -0.05) is 35.4 Å². The van der Waals surface area contributed by atoms with E-state index in [1.54, 1.807) is 58.9 Å². The number of hydrogen-bond acceptors (Lipinski definition) is 8. The summed E-state index contributed by atoms with van der Waals surface area (Å²) in [4.78, 5) is 11.8. The van der Waals surface area contributed by atoms with Gasteiger partial charge in [0.2, 0.25) is 0 Å². The Morgan fingerprint density at radius 1 is 0.848 bits per heavy atom. The zero-order valence-electron chi connectivity index (χ0n) is 19.2. The highest BCUT2D eigenvalue weighted by Crippen LogP contribution is 2.18. The van der Waals surface area contributed by atoms with Crippen molar-refractivity contribution in [3.8, 4) is 0 Å². The number of alkyl carbamates (subject to hydrolysis) is 1. The molecule has 0 saturated carbocycles. The van der Waals surface area contributed by atoms with Crippen LogP contribution in [0.2, 0.25) is 0 Å². The van der Waals surface area contributed by atoms with Gasteiger partial charge in [0.05, 0.1) is 22.9 Å². The summed E-state index contributed by atoms with van der Waals surface area (Å²) in [5.74, 6) is 0. The number of amides is 1. The first-order valence-corrected chi connectivity index (χ1v) is 12.9. The average molecular weight is 500 g/mol. The zero-order valence-corrected chi connectivity index (χ0v) is 20.8. The lowest BCUT2D eigenvalue weighted by Gasteiger charge is -2.22. The Labute approximate surface area is 195 Å². The SMILES string of the molecule is Cc1ccc(S(=O)(=O)OCC(CNC(=O)OC(C)(C)C)OS(=O)(=O)c2ccc(C)cc2)cc1. The molecule has 2 aromatic rings. The highest BCUT2D eigenvalue weighted by molar-refractivity contribution is 7.87. The second kappa shape index (κ2) is 10.6. The Hall–Kier alpha value is -2.47. The van der Waals surface area contributed by atoms with Crippen molar-refractivity contribution < 1.29 is 34.7 Å². The van der Waals surface area contributed by atoms with Gasteiger partial charge in [0.25, 0.3) is 20.2 Å². The summed E-state index contributed by atoms with van der Waals surface area (Å²) in [7, 11) is -8.45. The fraction of sp³-hybridized carbons (Fsp3) is 0.409. The van der Waals surface area contributed by atoms with E-state index in [-0.39, 0.29) is 16.3 Å². The molecule has 0 fully saturated rings. The van der Waals surface area contributed by atoms with E-state index in [9.17, 15) is 21.6 Å². The molecule has 0 radical (unpaired) electrons. The number of hydrogen-bond donors (Lipinski definition) is 1. The lowest BCUT2D eigenvalue weighted by atomic mass is 10.2. The number of carbonyl (C=O) groups excluding carboxylic acids is 1. The van der Waals surface area contributed by atoms with Crippen molar-refractivity contribution >= 4 is 26.3 Å². The number of carbonyl (C=O) groups is 1. The fourth-order valence-corrected chi connectivity index (χ4v) is 4.51. The van der Waals surface area contributed by atoms with E-state index in [4.69, 9.17) is 13.1 Å². The average Bonchev–Trinajstić information content (AvgIpc) is 2.69. The zero-order chi connectivity index (χ0) is 24.9. The van der Waals surface area contributed by atoms with Gasteiger partial charge in [0.15, 0.2) is 0 Å². The van der Waals surface area contributed by atoms with Gasteiger partial charge in [0.1, 0.15) is 11.7 Å². The predicted octanol–water partition coefficient (Wildman–Crippen LogP) is 3.31. The van der Waals surface area contributed by atoms with Crippen LogP contribution in [0.25, 0.3) is 0 Å². The summed E-state index contributed by atoms with van der Waals surface area (Å²) >= 11 is 0. The van der Waals surface area contributed by atoms with Crippen molar-refractivity contribution in [2.75, 3.05) is 13.2 Å². The maximum Gasteiger partial charge on any atom is 0.407 e. The number of rotatable bonds is 9. The van der Waals surface area contributed by atoms with E-state index in [1.807, 2.05) is 0 Å². The minimum absolute atomic E-state index is 0.0895. The third-order valence-electron chi connectivity index (χ3n) is 4.16. The van der Waals surface area contributed by atoms with Gasteiger partial charge in [0, 0.05) is 0 Å².